The first-order valence-corrected chi connectivity index (χ1v) is 11.3. The van der Waals surface area contributed by atoms with Gasteiger partial charge in [0, 0.05) is 22.8 Å². The summed E-state index contributed by atoms with van der Waals surface area (Å²) in [7, 11) is 1.25. The monoisotopic (exact) mass is 499 g/mol. The Hall–Kier alpha value is -4.33. The summed E-state index contributed by atoms with van der Waals surface area (Å²) >= 11 is 1.35. The van der Waals surface area contributed by atoms with Crippen LogP contribution >= 0.6 is 11.8 Å². The molecule has 13 nitrogen and oxygen atoms in total. The number of amides is 2. The van der Waals surface area contributed by atoms with Gasteiger partial charge in [-0.15, -0.1) is 11.8 Å². The lowest BCUT2D eigenvalue weighted by Crippen LogP contribution is -2.71. The molecule has 2 amide bonds. The van der Waals surface area contributed by atoms with Crippen molar-refractivity contribution in [1.29, 1.82) is 0 Å². The van der Waals surface area contributed by atoms with Crippen molar-refractivity contribution in [1.82, 2.24) is 15.2 Å². The standard InChI is InChI=1S/C21H18N6O7S/c1-32-25-14(12-8-34-21(22)23-12)17(28)24-15-18(29)27-16(20(30)31)11(9-35-19(15)27)6-26-4-2-10-3-5-33-13(10)7-26/h2-5,7-8,15,19H,6,9H2,1H3,(H3-,22,23,24,28,30,31)/p+1/b25-14+. The number of nitrogens with two attached hydrogens (primary N) is 1. The minimum absolute atomic E-state index is 0.0285. The number of hydrogen-bond acceptors (Lipinski definition) is 10. The number of oxazole rings is 1. The van der Waals surface area contributed by atoms with Crippen LogP contribution in [-0.4, -0.2) is 62.8 Å². The topological polar surface area (TPSA) is 177 Å². The molecule has 0 aliphatic carbocycles. The molecule has 3 aromatic rings. The van der Waals surface area contributed by atoms with E-state index in [0.717, 1.165) is 11.6 Å². The molecule has 0 bridgehead atoms. The number of anilines is 1. The van der Waals surface area contributed by atoms with Crippen LogP contribution in [0.5, 0.6) is 0 Å². The highest BCUT2D eigenvalue weighted by atomic mass is 32.2. The quantitative estimate of drug-likeness (QED) is 0.175. The van der Waals surface area contributed by atoms with Crippen LogP contribution in [0.4, 0.5) is 6.01 Å². The van der Waals surface area contributed by atoms with E-state index in [-0.39, 0.29) is 29.7 Å². The van der Waals surface area contributed by atoms with Gasteiger partial charge in [-0.3, -0.25) is 14.5 Å². The molecule has 1 fully saturated rings. The molecule has 5 heterocycles. The third-order valence-corrected chi connectivity index (χ3v) is 6.87. The maximum atomic E-state index is 13.0. The fourth-order valence-electron chi connectivity index (χ4n) is 3.97. The van der Waals surface area contributed by atoms with Crippen molar-refractivity contribution >= 4 is 52.2 Å². The van der Waals surface area contributed by atoms with E-state index in [1.165, 1.54) is 23.8 Å². The van der Waals surface area contributed by atoms with Gasteiger partial charge in [-0.05, 0) is 6.07 Å². The van der Waals surface area contributed by atoms with Crippen molar-refractivity contribution in [3.8, 4) is 0 Å². The zero-order valence-electron chi connectivity index (χ0n) is 18.2. The third-order valence-electron chi connectivity index (χ3n) is 5.53. The predicted molar refractivity (Wildman–Crippen MR) is 121 cm³/mol. The zero-order valence-corrected chi connectivity index (χ0v) is 19.0. The number of fused-ring (bicyclic) bond motifs is 2. The zero-order chi connectivity index (χ0) is 24.7. The Kier molecular flexibility index (Phi) is 5.64. The number of thioether (sulfide) groups is 1. The molecule has 2 aliphatic heterocycles. The molecule has 0 radical (unpaired) electrons. The molecule has 2 aliphatic rings. The van der Waals surface area contributed by atoms with E-state index in [1.54, 1.807) is 17.0 Å². The number of hydrogen-bond donors (Lipinski definition) is 3. The summed E-state index contributed by atoms with van der Waals surface area (Å²) < 4.78 is 12.1. The fourth-order valence-corrected chi connectivity index (χ4v) is 5.30. The Labute approximate surface area is 201 Å². The molecule has 180 valence electrons. The number of furan rings is 1. The van der Waals surface area contributed by atoms with Crippen molar-refractivity contribution in [3.63, 3.8) is 0 Å². The first-order chi connectivity index (χ1) is 16.9. The van der Waals surface area contributed by atoms with Gasteiger partial charge in [-0.2, -0.15) is 9.55 Å². The van der Waals surface area contributed by atoms with Crippen LogP contribution in [0.15, 0.2) is 62.3 Å². The number of nitrogens with zero attached hydrogens (tertiary/aromatic N) is 4. The Morgan fingerprint density at radius 3 is 2.97 bits per heavy atom. The second-order valence-electron chi connectivity index (χ2n) is 7.67. The fraction of sp³-hybridized carbons (Fsp3) is 0.238. The van der Waals surface area contributed by atoms with E-state index in [4.69, 9.17) is 19.4 Å². The van der Waals surface area contributed by atoms with Crippen LogP contribution in [-0.2, 0) is 25.8 Å². The average molecular weight is 499 g/mol. The lowest BCUT2D eigenvalue weighted by Gasteiger charge is -2.49. The van der Waals surface area contributed by atoms with Gasteiger partial charge in [-0.25, -0.2) is 4.79 Å². The van der Waals surface area contributed by atoms with Crippen molar-refractivity contribution < 1.29 is 37.7 Å². The highest BCUT2D eigenvalue weighted by Crippen LogP contribution is 2.40. The van der Waals surface area contributed by atoms with Gasteiger partial charge < -0.3 is 29.8 Å². The summed E-state index contributed by atoms with van der Waals surface area (Å²) in [5.74, 6) is -2.16. The normalized spacial score (nSPS) is 20.0. The number of nitrogen functional groups attached to an aromatic ring is 1. The predicted octanol–water partition coefficient (Wildman–Crippen LogP) is 0.0798. The number of nitrogens with one attached hydrogen (secondary N) is 1. The highest BCUT2D eigenvalue weighted by molar-refractivity contribution is 8.00. The molecule has 14 heteroatoms. The number of aliphatic carboxylic acids is 1. The Balaban J connectivity index is 1.36. The minimum atomic E-state index is -1.22. The van der Waals surface area contributed by atoms with Crippen molar-refractivity contribution in [2.24, 2.45) is 5.16 Å². The van der Waals surface area contributed by atoms with Gasteiger partial charge in [-0.1, -0.05) is 5.16 Å². The van der Waals surface area contributed by atoms with E-state index in [9.17, 15) is 19.5 Å². The summed E-state index contributed by atoms with van der Waals surface area (Å²) in [6, 6.07) is 2.57. The summed E-state index contributed by atoms with van der Waals surface area (Å²) in [5.41, 5.74) is 6.38. The number of aromatic nitrogens is 2. The van der Waals surface area contributed by atoms with E-state index in [2.05, 4.69) is 15.5 Å². The number of β-lactam (4-membered cyclic amide) rings is 1. The number of carbonyl (C=O) groups excluding carboxylic acids is 2. The molecule has 3 aromatic heterocycles. The van der Waals surface area contributed by atoms with Crippen LogP contribution in [0.2, 0.25) is 0 Å². The highest BCUT2D eigenvalue weighted by Gasteiger charge is 2.54. The van der Waals surface area contributed by atoms with E-state index in [1.807, 2.05) is 18.3 Å². The van der Waals surface area contributed by atoms with Crippen LogP contribution < -0.4 is 15.6 Å². The molecule has 4 N–H and O–H groups in total. The van der Waals surface area contributed by atoms with Gasteiger partial charge >= 0.3 is 5.97 Å². The second-order valence-corrected chi connectivity index (χ2v) is 8.77. The van der Waals surface area contributed by atoms with Gasteiger partial charge in [0.2, 0.25) is 6.20 Å². The molecule has 35 heavy (non-hydrogen) atoms. The van der Waals surface area contributed by atoms with Crippen molar-refractivity contribution in [3.05, 3.63) is 54.0 Å². The number of oxime groups is 1. The van der Waals surface area contributed by atoms with E-state index >= 15 is 0 Å². The van der Waals surface area contributed by atoms with Crippen LogP contribution in [0.25, 0.3) is 11.0 Å². The van der Waals surface area contributed by atoms with Crippen LogP contribution in [0.1, 0.15) is 5.69 Å². The summed E-state index contributed by atoms with van der Waals surface area (Å²) in [4.78, 5) is 47.6. The van der Waals surface area contributed by atoms with E-state index < -0.39 is 29.2 Å². The number of carboxylic acid groups (broad SMARTS) is 1. The number of carbonyl (C=O) groups is 3. The maximum absolute atomic E-state index is 13.0. The smallest absolute Gasteiger partial charge is 0.352 e. The molecule has 0 aromatic carbocycles. The number of pyridine rings is 1. The number of rotatable bonds is 7. The Morgan fingerprint density at radius 2 is 2.26 bits per heavy atom. The third kappa shape index (κ3) is 3.97. The van der Waals surface area contributed by atoms with Crippen LogP contribution in [0, 0.1) is 0 Å². The van der Waals surface area contributed by atoms with Gasteiger partial charge in [0.1, 0.15) is 36.2 Å². The lowest BCUT2D eigenvalue weighted by molar-refractivity contribution is -0.688. The second kappa shape index (κ2) is 8.79. The van der Waals surface area contributed by atoms with Crippen molar-refractivity contribution in [2.45, 2.75) is 18.0 Å². The summed E-state index contributed by atoms with van der Waals surface area (Å²) in [6.45, 7) is 0.261. The molecule has 2 unspecified atom stereocenters. The molecular formula is C21H19N6O7S+. The van der Waals surface area contributed by atoms with Gasteiger partial charge in [0.25, 0.3) is 17.8 Å². The van der Waals surface area contributed by atoms with E-state index in [0.29, 0.717) is 16.9 Å². The molecular weight excluding hydrogens is 480 g/mol. The summed E-state index contributed by atoms with van der Waals surface area (Å²) in [6.07, 6.45) is 6.29. The van der Waals surface area contributed by atoms with Gasteiger partial charge in [0.05, 0.1) is 6.26 Å². The maximum Gasteiger partial charge on any atom is 0.352 e. The van der Waals surface area contributed by atoms with Crippen molar-refractivity contribution in [2.75, 3.05) is 18.6 Å². The summed E-state index contributed by atoms with van der Waals surface area (Å²) in [5, 5.41) is 16.5. The Bertz CT molecular complexity index is 1410. The Morgan fingerprint density at radius 1 is 1.43 bits per heavy atom. The first-order valence-electron chi connectivity index (χ1n) is 10.3. The SMILES string of the molecule is CO/N=C(/C(=O)NC1C(=O)N2C(C(=O)O)=C(C[n+]3ccc4ccoc4c3)CSC12)c1coc(N)n1. The largest absolute Gasteiger partial charge is 0.477 e. The number of carboxylic acids is 1. The minimum Gasteiger partial charge on any atom is -0.477 e. The molecule has 1 saturated heterocycles. The van der Waals surface area contributed by atoms with Crippen LogP contribution in [0.3, 0.4) is 0 Å². The lowest BCUT2D eigenvalue weighted by atomic mass is 10.0. The molecule has 0 saturated carbocycles. The first kappa shape index (κ1) is 22.5. The average Bonchev–Trinajstić information content (AvgIpc) is 3.48. The van der Waals surface area contributed by atoms with Gasteiger partial charge in [0.15, 0.2) is 24.0 Å². The molecule has 5 rings (SSSR count). The molecule has 0 spiro atoms. The molecule has 2 atom stereocenters.